The second-order valence-electron chi connectivity index (χ2n) is 6.23. The maximum atomic E-state index is 6.19. The molecule has 3 N–H and O–H groups in total. The molecule has 2 fully saturated rings. The molecule has 3 rings (SSSR count). The number of thioether (sulfide) groups is 1. The quantitative estimate of drug-likeness (QED) is 0.659. The Morgan fingerprint density at radius 1 is 1.38 bits per heavy atom. The van der Waals surface area contributed by atoms with Gasteiger partial charge < -0.3 is 4.74 Å². The van der Waals surface area contributed by atoms with Gasteiger partial charge in [0.1, 0.15) is 0 Å². The smallest absolute Gasteiger partial charge is 0.0701 e. The summed E-state index contributed by atoms with van der Waals surface area (Å²) >= 11 is 2.05. The van der Waals surface area contributed by atoms with Gasteiger partial charge in [0, 0.05) is 25.0 Å². The van der Waals surface area contributed by atoms with Crippen LogP contribution >= 0.6 is 11.8 Å². The van der Waals surface area contributed by atoms with Gasteiger partial charge in [-0.05, 0) is 67.2 Å². The summed E-state index contributed by atoms with van der Waals surface area (Å²) in [5.41, 5.74) is 4.49. The molecule has 2 saturated heterocycles. The van der Waals surface area contributed by atoms with Gasteiger partial charge in [-0.1, -0.05) is 0 Å². The van der Waals surface area contributed by atoms with Crippen LogP contribution in [-0.4, -0.2) is 34.7 Å². The lowest BCUT2D eigenvalue weighted by molar-refractivity contribution is -0.107. The van der Waals surface area contributed by atoms with E-state index in [4.69, 9.17) is 10.6 Å². The highest BCUT2D eigenvalue weighted by atomic mass is 32.2. The molecule has 0 aromatic carbocycles. The van der Waals surface area contributed by atoms with Gasteiger partial charge in [-0.3, -0.25) is 16.3 Å². The molecular weight excluding hydrogens is 282 g/mol. The maximum Gasteiger partial charge on any atom is 0.0701 e. The van der Waals surface area contributed by atoms with Crippen LogP contribution in [0.1, 0.15) is 31.2 Å². The molecule has 1 spiro atoms. The number of pyridine rings is 1. The topological polar surface area (TPSA) is 60.2 Å². The van der Waals surface area contributed by atoms with Crippen LogP contribution in [0.25, 0.3) is 0 Å². The van der Waals surface area contributed by atoms with Crippen molar-refractivity contribution in [3.63, 3.8) is 0 Å². The van der Waals surface area contributed by atoms with Crippen molar-refractivity contribution in [2.24, 2.45) is 11.8 Å². The molecule has 2 aliphatic rings. The molecule has 0 saturated carbocycles. The highest BCUT2D eigenvalue weighted by Gasteiger charge is 2.40. The first-order valence-corrected chi connectivity index (χ1v) is 9.03. The molecule has 116 valence electrons. The van der Waals surface area contributed by atoms with E-state index in [9.17, 15) is 0 Å². The van der Waals surface area contributed by atoms with E-state index in [2.05, 4.69) is 34.3 Å². The summed E-state index contributed by atoms with van der Waals surface area (Å²) in [4.78, 5) is 4.09. The number of nitrogens with zero attached hydrogens (tertiary/aromatic N) is 1. The molecule has 2 atom stereocenters. The van der Waals surface area contributed by atoms with E-state index >= 15 is 0 Å². The molecule has 1 aromatic heterocycles. The minimum absolute atomic E-state index is 0.126. The maximum absolute atomic E-state index is 6.19. The van der Waals surface area contributed by atoms with E-state index in [1.807, 2.05) is 12.4 Å². The number of ether oxygens (including phenoxy) is 1. The van der Waals surface area contributed by atoms with Crippen molar-refractivity contribution in [2.45, 2.75) is 43.7 Å². The molecule has 3 heterocycles. The standard InChI is InChI=1S/C16H25N3OS/c17-19-15(11-13-1-6-18-7-2-13)14-3-8-20-16(12-14)4-9-21-10-5-16/h1-2,6-7,14-15,19H,3-5,8-12,17H2. The first-order chi connectivity index (χ1) is 10.3. The van der Waals surface area contributed by atoms with Crippen molar-refractivity contribution in [3.8, 4) is 0 Å². The Labute approximate surface area is 131 Å². The van der Waals surface area contributed by atoms with Crippen LogP contribution in [0.5, 0.6) is 0 Å². The van der Waals surface area contributed by atoms with Crippen molar-refractivity contribution in [2.75, 3.05) is 18.1 Å². The van der Waals surface area contributed by atoms with Crippen LogP contribution in [0, 0.1) is 5.92 Å². The van der Waals surface area contributed by atoms with Gasteiger partial charge in [-0.25, -0.2) is 0 Å². The Hall–Kier alpha value is -0.620. The molecule has 0 amide bonds. The molecule has 0 bridgehead atoms. The minimum atomic E-state index is 0.126. The predicted octanol–water partition coefficient (Wildman–Crippen LogP) is 2.15. The van der Waals surface area contributed by atoms with Crippen molar-refractivity contribution in [1.29, 1.82) is 0 Å². The third-order valence-electron chi connectivity index (χ3n) is 4.92. The minimum Gasteiger partial charge on any atom is -0.375 e. The summed E-state index contributed by atoms with van der Waals surface area (Å²) in [5, 5.41) is 0. The first kappa shape index (κ1) is 15.3. The predicted molar refractivity (Wildman–Crippen MR) is 87.0 cm³/mol. The van der Waals surface area contributed by atoms with Crippen molar-refractivity contribution in [1.82, 2.24) is 10.4 Å². The highest BCUT2D eigenvalue weighted by molar-refractivity contribution is 7.99. The van der Waals surface area contributed by atoms with Crippen LogP contribution < -0.4 is 11.3 Å². The van der Waals surface area contributed by atoms with Gasteiger partial charge >= 0.3 is 0 Å². The summed E-state index contributed by atoms with van der Waals surface area (Å²) in [5.74, 6) is 8.92. The number of aromatic nitrogens is 1. The lowest BCUT2D eigenvalue weighted by Gasteiger charge is -2.45. The first-order valence-electron chi connectivity index (χ1n) is 7.88. The Morgan fingerprint density at radius 3 is 2.86 bits per heavy atom. The third-order valence-corrected chi connectivity index (χ3v) is 5.91. The van der Waals surface area contributed by atoms with Gasteiger partial charge in [-0.2, -0.15) is 11.8 Å². The highest BCUT2D eigenvalue weighted by Crippen LogP contribution is 2.40. The van der Waals surface area contributed by atoms with Crippen LogP contribution in [0.3, 0.4) is 0 Å². The largest absolute Gasteiger partial charge is 0.375 e. The van der Waals surface area contributed by atoms with Gasteiger partial charge in [0.05, 0.1) is 5.60 Å². The zero-order chi connectivity index (χ0) is 14.5. The summed E-state index contributed by atoms with van der Waals surface area (Å²) in [6.07, 6.45) is 9.32. The zero-order valence-electron chi connectivity index (χ0n) is 12.5. The third kappa shape index (κ3) is 3.77. The van der Waals surface area contributed by atoms with Crippen LogP contribution in [0.4, 0.5) is 0 Å². The van der Waals surface area contributed by atoms with Gasteiger partial charge in [0.25, 0.3) is 0 Å². The van der Waals surface area contributed by atoms with Crippen molar-refractivity contribution >= 4 is 11.8 Å². The average Bonchev–Trinajstić information content (AvgIpc) is 2.54. The Bertz CT molecular complexity index is 431. The molecular formula is C16H25N3OS. The number of hydrogen-bond donors (Lipinski definition) is 2. The van der Waals surface area contributed by atoms with Gasteiger partial charge in [-0.15, -0.1) is 0 Å². The van der Waals surface area contributed by atoms with Gasteiger partial charge in [0.15, 0.2) is 0 Å². The zero-order valence-corrected chi connectivity index (χ0v) is 13.3. The van der Waals surface area contributed by atoms with E-state index in [1.54, 1.807) is 0 Å². The van der Waals surface area contributed by atoms with Crippen molar-refractivity contribution < 1.29 is 4.74 Å². The monoisotopic (exact) mass is 307 g/mol. The van der Waals surface area contributed by atoms with E-state index in [1.165, 1.54) is 29.9 Å². The number of hydrogen-bond acceptors (Lipinski definition) is 5. The molecule has 1 aromatic rings. The van der Waals surface area contributed by atoms with Gasteiger partial charge in [0.2, 0.25) is 0 Å². The van der Waals surface area contributed by atoms with E-state index in [0.29, 0.717) is 12.0 Å². The number of rotatable bonds is 4. The Kier molecular flexibility index (Phi) is 5.16. The summed E-state index contributed by atoms with van der Waals surface area (Å²) in [6.45, 7) is 0.879. The Morgan fingerprint density at radius 2 is 2.14 bits per heavy atom. The van der Waals surface area contributed by atoms with E-state index < -0.39 is 0 Å². The molecule has 21 heavy (non-hydrogen) atoms. The lowest BCUT2D eigenvalue weighted by Crippen LogP contribution is -2.50. The molecule has 4 nitrogen and oxygen atoms in total. The van der Waals surface area contributed by atoms with E-state index in [-0.39, 0.29) is 5.60 Å². The molecule has 5 heteroatoms. The SMILES string of the molecule is NNC(Cc1ccncc1)C1CCOC2(CCSCC2)C1. The molecule has 2 unspecified atom stereocenters. The summed E-state index contributed by atoms with van der Waals surface area (Å²) < 4.78 is 6.19. The summed E-state index contributed by atoms with van der Waals surface area (Å²) in [7, 11) is 0. The lowest BCUT2D eigenvalue weighted by atomic mass is 9.77. The molecule has 0 radical (unpaired) electrons. The van der Waals surface area contributed by atoms with Crippen molar-refractivity contribution in [3.05, 3.63) is 30.1 Å². The number of nitrogens with one attached hydrogen (secondary N) is 1. The fourth-order valence-corrected chi connectivity index (χ4v) is 4.87. The molecule has 2 aliphatic heterocycles. The second-order valence-corrected chi connectivity index (χ2v) is 7.45. The average molecular weight is 307 g/mol. The van der Waals surface area contributed by atoms with Crippen LogP contribution in [0.2, 0.25) is 0 Å². The van der Waals surface area contributed by atoms with Crippen LogP contribution in [-0.2, 0) is 11.2 Å². The number of hydrazine groups is 1. The fourth-order valence-electron chi connectivity index (χ4n) is 3.64. The van der Waals surface area contributed by atoms with E-state index in [0.717, 1.165) is 25.9 Å². The van der Waals surface area contributed by atoms with Crippen LogP contribution in [0.15, 0.2) is 24.5 Å². The second kappa shape index (κ2) is 7.09. The summed E-state index contributed by atoms with van der Waals surface area (Å²) in [6, 6.07) is 4.48. The number of nitrogens with two attached hydrogens (primary N) is 1. The molecule has 0 aliphatic carbocycles. The fraction of sp³-hybridized carbons (Fsp3) is 0.688. The normalized spacial score (nSPS) is 26.6. The Balaban J connectivity index is 1.65.